The average Bonchev–Trinajstić information content (AvgIpc) is 3.15. The van der Waals surface area contributed by atoms with Crippen LogP contribution in [0.25, 0.3) is 5.57 Å². The van der Waals surface area contributed by atoms with E-state index in [1.54, 1.807) is 0 Å². The van der Waals surface area contributed by atoms with Crippen molar-refractivity contribution >= 4 is 40.2 Å². The summed E-state index contributed by atoms with van der Waals surface area (Å²) >= 11 is 13.0. The van der Waals surface area contributed by atoms with Gasteiger partial charge in [0.2, 0.25) is 0 Å². The number of hydrogen-bond donors (Lipinski definition) is 1. The lowest BCUT2D eigenvalue weighted by Gasteiger charge is -2.42. The third-order valence-corrected chi connectivity index (χ3v) is 8.41. The summed E-state index contributed by atoms with van der Waals surface area (Å²) in [5, 5.41) is 5.23. The summed E-state index contributed by atoms with van der Waals surface area (Å²) in [6.07, 6.45) is 10.4. The zero-order chi connectivity index (χ0) is 23.3. The van der Waals surface area contributed by atoms with Gasteiger partial charge >= 0.3 is 0 Å². The number of rotatable bonds is 3. The molecule has 3 aliphatic rings. The van der Waals surface area contributed by atoms with Crippen LogP contribution < -0.4 is 10.2 Å². The van der Waals surface area contributed by atoms with Gasteiger partial charge < -0.3 is 15.1 Å². The van der Waals surface area contributed by atoms with Crippen LogP contribution in [-0.2, 0) is 0 Å². The Bertz CT molecular complexity index is 1090. The molecule has 1 aliphatic carbocycles. The van der Waals surface area contributed by atoms with Crippen LogP contribution in [-0.4, -0.2) is 33.6 Å². The summed E-state index contributed by atoms with van der Waals surface area (Å²) in [4.78, 5) is 9.46. The molecule has 1 N–H and O–H groups in total. The SMILES string of the molecule is CC1=CC(C)(C)N(C)c2cc(Cl)c([C@@H]3[C@H](c4ccccn4)NC(=S)N3C3CCCCC3)cc21. The van der Waals surface area contributed by atoms with E-state index in [-0.39, 0.29) is 17.6 Å². The van der Waals surface area contributed by atoms with Crippen molar-refractivity contribution in [1.82, 2.24) is 15.2 Å². The first-order valence-electron chi connectivity index (χ1n) is 12.0. The largest absolute Gasteiger partial charge is 0.365 e. The molecule has 0 spiro atoms. The van der Waals surface area contributed by atoms with Crippen molar-refractivity contribution in [3.63, 3.8) is 0 Å². The van der Waals surface area contributed by atoms with Crippen LogP contribution in [0, 0.1) is 0 Å². The number of pyridine rings is 1. The van der Waals surface area contributed by atoms with Gasteiger partial charge in [0.15, 0.2) is 5.11 Å². The molecular weight excluding hydrogens is 448 g/mol. The maximum absolute atomic E-state index is 7.09. The standard InChI is InChI=1S/C27H33ClN4S/c1-17-16-27(2,3)31(4)23-15-21(28)20(14-19(17)23)25-24(22-12-8-9-13-29-22)30-26(33)32(25)18-10-6-5-7-11-18/h8-9,12-16,18,24-25H,5-7,10-11H2,1-4H3,(H,30,33)/t24-,25+/m0/s1. The predicted octanol–water partition coefficient (Wildman–Crippen LogP) is 6.67. The minimum absolute atomic E-state index is 0.0151. The maximum atomic E-state index is 7.09. The van der Waals surface area contributed by atoms with Crippen LogP contribution in [0.15, 0.2) is 42.6 Å². The van der Waals surface area contributed by atoms with E-state index in [0.29, 0.717) is 6.04 Å². The lowest BCUT2D eigenvalue weighted by molar-refractivity contribution is 0.197. The first-order valence-corrected chi connectivity index (χ1v) is 12.8. The van der Waals surface area contributed by atoms with E-state index >= 15 is 0 Å². The molecule has 33 heavy (non-hydrogen) atoms. The fourth-order valence-electron chi connectivity index (χ4n) is 5.86. The zero-order valence-corrected chi connectivity index (χ0v) is 21.5. The number of nitrogens with zero attached hydrogens (tertiary/aromatic N) is 3. The van der Waals surface area contributed by atoms with Crippen molar-refractivity contribution in [3.05, 3.63) is 64.4 Å². The van der Waals surface area contributed by atoms with Crippen LogP contribution in [0.4, 0.5) is 5.69 Å². The second kappa shape index (κ2) is 8.59. The molecule has 0 radical (unpaired) electrons. The molecule has 0 unspecified atom stereocenters. The summed E-state index contributed by atoms with van der Waals surface area (Å²) in [5.41, 5.74) is 5.80. The molecule has 0 amide bonds. The van der Waals surface area contributed by atoms with Crippen LogP contribution in [0.5, 0.6) is 0 Å². The van der Waals surface area contributed by atoms with Gasteiger partial charge in [0, 0.05) is 35.6 Å². The molecular formula is C27H33ClN4S. The first-order chi connectivity index (χ1) is 15.8. The molecule has 3 heterocycles. The van der Waals surface area contributed by atoms with Crippen molar-refractivity contribution in [2.75, 3.05) is 11.9 Å². The molecule has 4 nitrogen and oxygen atoms in total. The number of thiocarbonyl (C=S) groups is 1. The highest BCUT2D eigenvalue weighted by Gasteiger charge is 2.44. The Morgan fingerprint density at radius 2 is 1.91 bits per heavy atom. The van der Waals surface area contributed by atoms with E-state index in [0.717, 1.165) is 21.4 Å². The number of likely N-dealkylation sites (N-methyl/N-ethyl adjacent to an activating group) is 1. The molecule has 0 bridgehead atoms. The molecule has 2 aliphatic heterocycles. The third-order valence-electron chi connectivity index (χ3n) is 7.76. The van der Waals surface area contributed by atoms with Gasteiger partial charge in [0.1, 0.15) is 0 Å². The Balaban J connectivity index is 1.65. The number of halogens is 1. The van der Waals surface area contributed by atoms with Crippen molar-refractivity contribution in [2.45, 2.75) is 76.5 Å². The van der Waals surface area contributed by atoms with E-state index in [1.807, 2.05) is 18.3 Å². The topological polar surface area (TPSA) is 31.4 Å². The second-order valence-corrected chi connectivity index (χ2v) is 11.1. The van der Waals surface area contributed by atoms with Gasteiger partial charge in [-0.25, -0.2) is 0 Å². The van der Waals surface area contributed by atoms with Gasteiger partial charge in [-0.2, -0.15) is 0 Å². The number of benzene rings is 1. The van der Waals surface area contributed by atoms with Gasteiger partial charge in [-0.1, -0.05) is 43.0 Å². The molecule has 1 aromatic carbocycles. The van der Waals surface area contributed by atoms with Crippen LogP contribution >= 0.6 is 23.8 Å². The first kappa shape index (κ1) is 22.7. The highest BCUT2D eigenvalue weighted by atomic mass is 35.5. The summed E-state index contributed by atoms with van der Waals surface area (Å²) < 4.78 is 0. The fourth-order valence-corrected chi connectivity index (χ4v) is 6.52. The number of fused-ring (bicyclic) bond motifs is 1. The number of hydrogen-bond acceptors (Lipinski definition) is 3. The highest BCUT2D eigenvalue weighted by Crippen LogP contribution is 2.48. The minimum atomic E-state index is -0.0525. The Morgan fingerprint density at radius 1 is 1.15 bits per heavy atom. The molecule has 1 saturated heterocycles. The number of anilines is 1. The van der Waals surface area contributed by atoms with Gasteiger partial charge in [-0.05, 0) is 81.2 Å². The summed E-state index contributed by atoms with van der Waals surface area (Å²) in [5.74, 6) is 0. The number of aromatic nitrogens is 1. The minimum Gasteiger partial charge on any atom is -0.365 e. The maximum Gasteiger partial charge on any atom is 0.170 e. The Hall–Kier alpha value is -2.11. The Morgan fingerprint density at radius 3 is 2.61 bits per heavy atom. The van der Waals surface area contributed by atoms with Crippen LogP contribution in [0.3, 0.4) is 0 Å². The van der Waals surface area contributed by atoms with Crippen molar-refractivity contribution in [1.29, 1.82) is 0 Å². The van der Waals surface area contributed by atoms with Crippen molar-refractivity contribution in [3.8, 4) is 0 Å². The summed E-state index contributed by atoms with van der Waals surface area (Å²) in [6.45, 7) is 6.68. The smallest absolute Gasteiger partial charge is 0.170 e. The van der Waals surface area contributed by atoms with Crippen molar-refractivity contribution in [2.24, 2.45) is 0 Å². The lowest BCUT2D eigenvalue weighted by Crippen LogP contribution is -2.42. The second-order valence-electron chi connectivity index (χ2n) is 10.3. The summed E-state index contributed by atoms with van der Waals surface area (Å²) in [7, 11) is 2.15. The van der Waals surface area contributed by atoms with Crippen LogP contribution in [0.1, 0.15) is 81.8 Å². The van der Waals surface area contributed by atoms with Gasteiger partial charge in [-0.3, -0.25) is 4.98 Å². The zero-order valence-electron chi connectivity index (χ0n) is 19.9. The van der Waals surface area contributed by atoms with Crippen LogP contribution in [0.2, 0.25) is 5.02 Å². The van der Waals surface area contributed by atoms with E-state index in [4.69, 9.17) is 28.8 Å². The lowest BCUT2D eigenvalue weighted by atomic mass is 9.85. The average molecular weight is 481 g/mol. The quantitative estimate of drug-likeness (QED) is 0.495. The Labute approximate surface area is 208 Å². The molecule has 6 heteroatoms. The third kappa shape index (κ3) is 3.93. The van der Waals surface area contributed by atoms with Crippen molar-refractivity contribution < 1.29 is 0 Å². The molecule has 2 aromatic rings. The van der Waals surface area contributed by atoms with E-state index in [2.05, 4.69) is 67.2 Å². The molecule has 1 aromatic heterocycles. The molecule has 1 saturated carbocycles. The highest BCUT2D eigenvalue weighted by molar-refractivity contribution is 7.80. The Kier molecular flexibility index (Phi) is 5.90. The van der Waals surface area contributed by atoms with Gasteiger partial charge in [0.25, 0.3) is 0 Å². The fraction of sp³-hybridized carbons (Fsp3) is 0.481. The molecule has 2 fully saturated rings. The van der Waals surface area contributed by atoms with E-state index in [9.17, 15) is 0 Å². The van der Waals surface area contributed by atoms with Gasteiger partial charge in [-0.15, -0.1) is 0 Å². The number of allylic oxidation sites excluding steroid dienone is 1. The van der Waals surface area contributed by atoms with E-state index < -0.39 is 0 Å². The monoisotopic (exact) mass is 480 g/mol. The van der Waals surface area contributed by atoms with Gasteiger partial charge in [0.05, 0.1) is 23.3 Å². The summed E-state index contributed by atoms with van der Waals surface area (Å²) in [6, 6.07) is 11.0. The molecule has 5 rings (SSSR count). The number of nitrogens with one attached hydrogen (secondary N) is 1. The molecule has 174 valence electrons. The molecule has 2 atom stereocenters. The predicted molar refractivity (Wildman–Crippen MR) is 142 cm³/mol. The normalized spacial score (nSPS) is 25.0. The van der Waals surface area contributed by atoms with E-state index in [1.165, 1.54) is 48.9 Å².